The molecule has 2 aromatic carbocycles. The zero-order chi connectivity index (χ0) is 22.5. The van der Waals surface area contributed by atoms with Crippen molar-refractivity contribution in [1.82, 2.24) is 5.32 Å². The number of hydrogen-bond donors (Lipinski definition) is 1. The van der Waals surface area contributed by atoms with Crippen molar-refractivity contribution in [3.05, 3.63) is 53.1 Å². The number of carbonyl (C=O) groups excluding carboxylic acids is 1. The van der Waals surface area contributed by atoms with E-state index in [4.69, 9.17) is 9.47 Å². The number of nitrogens with one attached hydrogen (secondary N) is 1. The van der Waals surface area contributed by atoms with E-state index in [1.807, 2.05) is 39.0 Å². The van der Waals surface area contributed by atoms with Crippen LogP contribution in [-0.2, 0) is 14.8 Å². The summed E-state index contributed by atoms with van der Waals surface area (Å²) in [6, 6.07) is 10.6. The molecular weight excluding hydrogens is 404 g/mol. The molecule has 0 aliphatic rings. The summed E-state index contributed by atoms with van der Waals surface area (Å²) in [4.78, 5) is 12.8. The maximum atomic E-state index is 12.8. The second kappa shape index (κ2) is 9.84. The van der Waals surface area contributed by atoms with Gasteiger partial charge in [-0.25, -0.2) is 8.42 Å². The molecule has 30 heavy (non-hydrogen) atoms. The third-order valence-electron chi connectivity index (χ3n) is 5.02. The van der Waals surface area contributed by atoms with Gasteiger partial charge in [0.15, 0.2) is 11.5 Å². The molecule has 0 unspecified atom stereocenters. The van der Waals surface area contributed by atoms with Crippen LogP contribution in [-0.4, -0.2) is 41.3 Å². The van der Waals surface area contributed by atoms with Crippen molar-refractivity contribution in [3.63, 3.8) is 0 Å². The van der Waals surface area contributed by atoms with Crippen LogP contribution in [0.5, 0.6) is 11.5 Å². The minimum atomic E-state index is -3.70. The van der Waals surface area contributed by atoms with Crippen molar-refractivity contribution in [1.29, 1.82) is 0 Å². The first-order chi connectivity index (χ1) is 14.1. The number of nitrogens with zero attached hydrogens (tertiary/aromatic N) is 1. The van der Waals surface area contributed by atoms with Gasteiger partial charge in [0.1, 0.15) is 6.54 Å². The quantitative estimate of drug-likeness (QED) is 0.654. The maximum absolute atomic E-state index is 12.8. The van der Waals surface area contributed by atoms with Gasteiger partial charge in [-0.15, -0.1) is 0 Å². The Kier molecular flexibility index (Phi) is 7.72. The molecule has 0 aromatic heterocycles. The molecule has 7 nitrogen and oxygen atoms in total. The number of benzene rings is 2. The van der Waals surface area contributed by atoms with Gasteiger partial charge in [-0.3, -0.25) is 9.10 Å². The van der Waals surface area contributed by atoms with Crippen LogP contribution in [0.1, 0.15) is 36.1 Å². The molecule has 2 aromatic rings. The van der Waals surface area contributed by atoms with Crippen LogP contribution in [0.4, 0.5) is 5.69 Å². The lowest BCUT2D eigenvalue weighted by atomic mass is 9.99. The summed E-state index contributed by atoms with van der Waals surface area (Å²) < 4.78 is 36.3. The van der Waals surface area contributed by atoms with Crippen LogP contribution in [0.25, 0.3) is 0 Å². The van der Waals surface area contributed by atoms with Gasteiger partial charge in [0, 0.05) is 6.07 Å². The summed E-state index contributed by atoms with van der Waals surface area (Å²) in [5.41, 5.74) is 3.63. The van der Waals surface area contributed by atoms with E-state index in [2.05, 4.69) is 5.32 Å². The summed E-state index contributed by atoms with van der Waals surface area (Å²) >= 11 is 0. The van der Waals surface area contributed by atoms with Gasteiger partial charge >= 0.3 is 0 Å². The monoisotopic (exact) mass is 434 g/mol. The van der Waals surface area contributed by atoms with E-state index in [-0.39, 0.29) is 18.5 Å². The van der Waals surface area contributed by atoms with Crippen LogP contribution in [0.2, 0.25) is 0 Å². The Morgan fingerprint density at radius 2 is 1.70 bits per heavy atom. The molecule has 0 heterocycles. The third-order valence-corrected chi connectivity index (χ3v) is 6.16. The molecule has 1 atom stereocenters. The van der Waals surface area contributed by atoms with Crippen molar-refractivity contribution in [3.8, 4) is 11.5 Å². The van der Waals surface area contributed by atoms with Crippen LogP contribution < -0.4 is 19.1 Å². The Morgan fingerprint density at radius 3 is 2.23 bits per heavy atom. The minimum absolute atomic E-state index is 0.205. The van der Waals surface area contributed by atoms with Crippen molar-refractivity contribution >= 4 is 21.6 Å². The predicted molar refractivity (Wildman–Crippen MR) is 119 cm³/mol. The van der Waals surface area contributed by atoms with Crippen LogP contribution >= 0.6 is 0 Å². The molecule has 0 aliphatic carbocycles. The van der Waals surface area contributed by atoms with E-state index in [1.54, 1.807) is 12.1 Å². The Labute approximate surface area is 179 Å². The van der Waals surface area contributed by atoms with Gasteiger partial charge < -0.3 is 14.8 Å². The van der Waals surface area contributed by atoms with Crippen molar-refractivity contribution in [2.45, 2.75) is 33.2 Å². The van der Waals surface area contributed by atoms with Gasteiger partial charge in [-0.05, 0) is 49.1 Å². The normalized spacial score (nSPS) is 12.2. The van der Waals surface area contributed by atoms with Gasteiger partial charge in [-0.1, -0.05) is 25.1 Å². The Bertz CT molecular complexity index is 1000. The predicted octanol–water partition coefficient (Wildman–Crippen LogP) is 3.35. The summed E-state index contributed by atoms with van der Waals surface area (Å²) in [7, 11) is -0.737. The largest absolute Gasteiger partial charge is 0.493 e. The van der Waals surface area contributed by atoms with E-state index in [9.17, 15) is 13.2 Å². The number of rotatable bonds is 9. The van der Waals surface area contributed by atoms with E-state index in [1.165, 1.54) is 25.8 Å². The lowest BCUT2D eigenvalue weighted by Crippen LogP contribution is -2.41. The number of aryl methyl sites for hydroxylation is 2. The van der Waals surface area contributed by atoms with Crippen molar-refractivity contribution < 1.29 is 22.7 Å². The highest BCUT2D eigenvalue weighted by atomic mass is 32.2. The number of methoxy groups -OCH3 is 2. The summed E-state index contributed by atoms with van der Waals surface area (Å²) in [6.45, 7) is 5.69. The molecule has 8 heteroatoms. The first-order valence-electron chi connectivity index (χ1n) is 9.67. The second-order valence-corrected chi connectivity index (χ2v) is 9.09. The molecule has 164 valence electrons. The van der Waals surface area contributed by atoms with Gasteiger partial charge in [0.05, 0.1) is 32.2 Å². The molecule has 0 saturated carbocycles. The lowest BCUT2D eigenvalue weighted by Gasteiger charge is -2.25. The average molecular weight is 435 g/mol. The number of amides is 1. The molecule has 1 N–H and O–H groups in total. The van der Waals surface area contributed by atoms with Crippen molar-refractivity contribution in [2.24, 2.45) is 0 Å². The zero-order valence-corrected chi connectivity index (χ0v) is 19.2. The van der Waals surface area contributed by atoms with Gasteiger partial charge in [0.25, 0.3) is 0 Å². The van der Waals surface area contributed by atoms with E-state index < -0.39 is 10.0 Å². The zero-order valence-electron chi connectivity index (χ0n) is 18.4. The number of ether oxygens (including phenoxy) is 2. The third kappa shape index (κ3) is 5.66. The summed E-state index contributed by atoms with van der Waals surface area (Å²) in [6.07, 6.45) is 1.75. The first-order valence-corrected chi connectivity index (χ1v) is 11.5. The van der Waals surface area contributed by atoms with E-state index >= 15 is 0 Å². The molecule has 0 saturated heterocycles. The molecule has 2 rings (SSSR count). The molecule has 0 spiro atoms. The molecule has 0 bridgehead atoms. The number of sulfonamides is 1. The summed E-state index contributed by atoms with van der Waals surface area (Å²) in [5, 5.41) is 2.95. The highest BCUT2D eigenvalue weighted by molar-refractivity contribution is 7.92. The van der Waals surface area contributed by atoms with Crippen molar-refractivity contribution in [2.75, 3.05) is 31.3 Å². The maximum Gasteiger partial charge on any atom is 0.241 e. The average Bonchev–Trinajstić information content (AvgIpc) is 2.71. The SMILES string of the molecule is CC[C@@H](NC(=O)CN(c1ccc(OC)c(OC)c1)S(C)(=O)=O)c1ccc(C)c(C)c1. The van der Waals surface area contributed by atoms with E-state index in [0.717, 1.165) is 21.7 Å². The number of hydrogen-bond acceptors (Lipinski definition) is 5. The minimum Gasteiger partial charge on any atom is -0.493 e. The standard InChI is InChI=1S/C22H30N2O5S/c1-7-19(17-9-8-15(2)16(3)12-17)23-22(25)14-24(30(6,26)27)18-10-11-20(28-4)21(13-18)29-5/h8-13,19H,7,14H2,1-6H3,(H,23,25)/t19-/m1/s1. The molecule has 0 aliphatic heterocycles. The first kappa shape index (κ1) is 23.5. The Morgan fingerprint density at radius 1 is 1.03 bits per heavy atom. The number of carbonyl (C=O) groups is 1. The smallest absolute Gasteiger partial charge is 0.241 e. The molecule has 1 amide bonds. The Hall–Kier alpha value is -2.74. The molecular formula is C22H30N2O5S. The van der Waals surface area contributed by atoms with Crippen LogP contribution in [0.15, 0.2) is 36.4 Å². The van der Waals surface area contributed by atoms with Gasteiger partial charge in [-0.2, -0.15) is 0 Å². The topological polar surface area (TPSA) is 84.9 Å². The van der Waals surface area contributed by atoms with E-state index in [0.29, 0.717) is 23.6 Å². The molecule has 0 radical (unpaired) electrons. The summed E-state index contributed by atoms with van der Waals surface area (Å²) in [5.74, 6) is 0.464. The fourth-order valence-electron chi connectivity index (χ4n) is 3.15. The number of anilines is 1. The fourth-order valence-corrected chi connectivity index (χ4v) is 4.00. The highest BCUT2D eigenvalue weighted by Crippen LogP contribution is 2.32. The fraction of sp³-hybridized carbons (Fsp3) is 0.409. The second-order valence-electron chi connectivity index (χ2n) is 7.18. The van der Waals surface area contributed by atoms with Gasteiger partial charge in [0.2, 0.25) is 15.9 Å². The molecule has 0 fully saturated rings. The highest BCUT2D eigenvalue weighted by Gasteiger charge is 2.24. The van der Waals surface area contributed by atoms with Crippen LogP contribution in [0.3, 0.4) is 0 Å². The van der Waals surface area contributed by atoms with Crippen LogP contribution in [0, 0.1) is 13.8 Å². The Balaban J connectivity index is 2.26. The lowest BCUT2D eigenvalue weighted by molar-refractivity contribution is -0.120.